The number of nitro groups is 1. The van der Waals surface area contributed by atoms with Gasteiger partial charge in [0.05, 0.1) is 27.7 Å². The van der Waals surface area contributed by atoms with Crippen molar-refractivity contribution in [2.24, 2.45) is 5.10 Å². The van der Waals surface area contributed by atoms with Gasteiger partial charge in [0.15, 0.2) is 0 Å². The van der Waals surface area contributed by atoms with Gasteiger partial charge in [-0.1, -0.05) is 13.0 Å². The lowest BCUT2D eigenvalue weighted by molar-refractivity contribution is -0.385. The number of nitro benzene ring substituents is 1. The highest BCUT2D eigenvalue weighted by Crippen LogP contribution is 2.24. The molecule has 1 aromatic carbocycles. The minimum absolute atomic E-state index is 0.158. The van der Waals surface area contributed by atoms with Crippen molar-refractivity contribution in [1.82, 2.24) is 14.0 Å². The SMILES string of the molecule is CCc1ccn2ncc(/C=N/N(C)S(=O)(=O)c3cc([N+](=O)[O-])ccc3C)c2c1. The molecule has 9 nitrogen and oxygen atoms in total. The van der Waals surface area contributed by atoms with E-state index in [1.165, 1.54) is 25.4 Å². The maximum atomic E-state index is 12.8. The van der Waals surface area contributed by atoms with Gasteiger partial charge in [-0.15, -0.1) is 0 Å². The number of benzene rings is 1. The second kappa shape index (κ2) is 7.39. The van der Waals surface area contributed by atoms with Gasteiger partial charge in [0.25, 0.3) is 15.7 Å². The van der Waals surface area contributed by atoms with E-state index >= 15 is 0 Å². The molecule has 0 aliphatic heterocycles. The summed E-state index contributed by atoms with van der Waals surface area (Å²) in [6.07, 6.45) is 5.69. The van der Waals surface area contributed by atoms with Crippen LogP contribution in [-0.2, 0) is 16.4 Å². The van der Waals surface area contributed by atoms with Crippen molar-refractivity contribution in [2.45, 2.75) is 25.2 Å². The zero-order valence-corrected chi connectivity index (χ0v) is 16.4. The normalized spacial score (nSPS) is 12.0. The third kappa shape index (κ3) is 3.58. The standard InChI is InChI=1S/C18H19N5O4S/c1-4-14-7-8-22-17(9-14)15(12-20-22)11-19-21(3)28(26,27)18-10-16(23(24)25)6-5-13(18)2/h5-12H,4H2,1-3H3/b19-11+. The van der Waals surface area contributed by atoms with Crippen molar-refractivity contribution < 1.29 is 13.3 Å². The number of fused-ring (bicyclic) bond motifs is 1. The van der Waals surface area contributed by atoms with Gasteiger partial charge in [-0.05, 0) is 36.6 Å². The minimum atomic E-state index is -4.04. The highest BCUT2D eigenvalue weighted by Gasteiger charge is 2.24. The highest BCUT2D eigenvalue weighted by molar-refractivity contribution is 7.89. The molecular formula is C18H19N5O4S. The molecule has 0 N–H and O–H groups in total. The number of rotatable bonds is 6. The zero-order valence-electron chi connectivity index (χ0n) is 15.6. The largest absolute Gasteiger partial charge is 0.279 e. The summed E-state index contributed by atoms with van der Waals surface area (Å²) in [6, 6.07) is 7.64. The van der Waals surface area contributed by atoms with Gasteiger partial charge in [-0.25, -0.2) is 4.52 Å². The Hall–Kier alpha value is -3.27. The van der Waals surface area contributed by atoms with Crippen LogP contribution in [0.2, 0.25) is 0 Å². The Morgan fingerprint density at radius 2 is 2.07 bits per heavy atom. The lowest BCUT2D eigenvalue weighted by Gasteiger charge is -2.15. The van der Waals surface area contributed by atoms with E-state index in [2.05, 4.69) is 10.2 Å². The van der Waals surface area contributed by atoms with Crippen LogP contribution in [0.25, 0.3) is 5.52 Å². The number of hydrogen-bond donors (Lipinski definition) is 0. The molecule has 10 heteroatoms. The summed E-state index contributed by atoms with van der Waals surface area (Å²) in [5.74, 6) is 0. The Kier molecular flexibility index (Phi) is 5.14. The molecule has 3 rings (SSSR count). The number of aromatic nitrogens is 2. The average molecular weight is 401 g/mol. The Bertz CT molecular complexity index is 1180. The van der Waals surface area contributed by atoms with E-state index in [-0.39, 0.29) is 10.6 Å². The van der Waals surface area contributed by atoms with Gasteiger partial charge in [0.2, 0.25) is 0 Å². The zero-order chi connectivity index (χ0) is 20.5. The summed E-state index contributed by atoms with van der Waals surface area (Å²) in [4.78, 5) is 10.2. The molecule has 0 unspecified atom stereocenters. The summed E-state index contributed by atoms with van der Waals surface area (Å²) in [6.45, 7) is 3.61. The van der Waals surface area contributed by atoms with E-state index in [1.54, 1.807) is 17.6 Å². The van der Waals surface area contributed by atoms with Gasteiger partial charge in [0, 0.05) is 30.9 Å². The average Bonchev–Trinajstić information content (AvgIpc) is 3.08. The first-order valence-electron chi connectivity index (χ1n) is 8.48. The number of nitrogens with zero attached hydrogens (tertiary/aromatic N) is 5. The second-order valence-corrected chi connectivity index (χ2v) is 8.13. The fraction of sp³-hybridized carbons (Fsp3) is 0.222. The van der Waals surface area contributed by atoms with Crippen LogP contribution in [-0.4, -0.2) is 40.6 Å². The van der Waals surface area contributed by atoms with Crippen molar-refractivity contribution in [3.8, 4) is 0 Å². The lowest BCUT2D eigenvalue weighted by atomic mass is 10.2. The Morgan fingerprint density at radius 1 is 1.32 bits per heavy atom. The molecule has 0 aliphatic rings. The van der Waals surface area contributed by atoms with E-state index in [4.69, 9.17) is 0 Å². The molecule has 0 saturated carbocycles. The minimum Gasteiger partial charge on any atom is -0.258 e. The smallest absolute Gasteiger partial charge is 0.258 e. The third-order valence-corrected chi connectivity index (χ3v) is 6.18. The van der Waals surface area contributed by atoms with Crippen LogP contribution in [0, 0.1) is 17.0 Å². The van der Waals surface area contributed by atoms with Crippen molar-refractivity contribution in [3.63, 3.8) is 0 Å². The molecule has 0 radical (unpaired) electrons. The van der Waals surface area contributed by atoms with Crippen LogP contribution in [0.5, 0.6) is 0 Å². The predicted molar refractivity (Wildman–Crippen MR) is 105 cm³/mol. The van der Waals surface area contributed by atoms with Crippen molar-refractivity contribution in [3.05, 3.63) is 69.5 Å². The Labute approximate surface area is 162 Å². The summed E-state index contributed by atoms with van der Waals surface area (Å²) in [5.41, 5.74) is 2.69. The summed E-state index contributed by atoms with van der Waals surface area (Å²) < 4.78 is 28.1. The number of sulfonamides is 1. The molecule has 0 spiro atoms. The topological polar surface area (TPSA) is 110 Å². The van der Waals surface area contributed by atoms with E-state index in [0.717, 1.165) is 28.0 Å². The number of hydrogen-bond acceptors (Lipinski definition) is 6. The molecular weight excluding hydrogens is 382 g/mol. The monoisotopic (exact) mass is 401 g/mol. The van der Waals surface area contributed by atoms with E-state index < -0.39 is 14.9 Å². The molecule has 0 bridgehead atoms. The van der Waals surface area contributed by atoms with Crippen LogP contribution in [0.4, 0.5) is 5.69 Å². The van der Waals surface area contributed by atoms with E-state index in [1.807, 2.05) is 25.3 Å². The van der Waals surface area contributed by atoms with Gasteiger partial charge in [0.1, 0.15) is 0 Å². The molecule has 146 valence electrons. The first-order valence-corrected chi connectivity index (χ1v) is 9.92. The Balaban J connectivity index is 1.95. The molecule has 0 atom stereocenters. The fourth-order valence-electron chi connectivity index (χ4n) is 2.69. The number of pyridine rings is 1. The van der Waals surface area contributed by atoms with Gasteiger partial charge < -0.3 is 0 Å². The van der Waals surface area contributed by atoms with Crippen LogP contribution in [0.15, 0.2) is 52.7 Å². The summed E-state index contributed by atoms with van der Waals surface area (Å²) >= 11 is 0. The van der Waals surface area contributed by atoms with Crippen LogP contribution >= 0.6 is 0 Å². The van der Waals surface area contributed by atoms with E-state index in [9.17, 15) is 18.5 Å². The molecule has 0 fully saturated rings. The van der Waals surface area contributed by atoms with Gasteiger partial charge in [-0.2, -0.15) is 23.0 Å². The quantitative estimate of drug-likeness (QED) is 0.358. The molecule has 3 aromatic rings. The molecule has 2 heterocycles. The third-order valence-electron chi connectivity index (χ3n) is 4.39. The van der Waals surface area contributed by atoms with Crippen LogP contribution in [0.1, 0.15) is 23.6 Å². The fourth-order valence-corrected chi connectivity index (χ4v) is 3.89. The maximum absolute atomic E-state index is 12.8. The second-order valence-electron chi connectivity index (χ2n) is 6.21. The van der Waals surface area contributed by atoms with Gasteiger partial charge in [-0.3, -0.25) is 10.1 Å². The van der Waals surface area contributed by atoms with Crippen molar-refractivity contribution in [2.75, 3.05) is 7.05 Å². The molecule has 0 amide bonds. The molecule has 0 aliphatic carbocycles. The molecule has 28 heavy (non-hydrogen) atoms. The number of aryl methyl sites for hydroxylation is 2. The maximum Gasteiger partial charge on any atom is 0.279 e. The van der Waals surface area contributed by atoms with Crippen molar-refractivity contribution in [1.29, 1.82) is 0 Å². The molecule has 0 saturated heterocycles. The van der Waals surface area contributed by atoms with Crippen LogP contribution in [0.3, 0.4) is 0 Å². The summed E-state index contributed by atoms with van der Waals surface area (Å²) in [7, 11) is -2.76. The van der Waals surface area contributed by atoms with Gasteiger partial charge >= 0.3 is 0 Å². The van der Waals surface area contributed by atoms with Crippen LogP contribution < -0.4 is 0 Å². The first-order chi connectivity index (χ1) is 13.2. The lowest BCUT2D eigenvalue weighted by Crippen LogP contribution is -2.22. The summed E-state index contributed by atoms with van der Waals surface area (Å²) in [5, 5.41) is 19.2. The van der Waals surface area contributed by atoms with Crippen molar-refractivity contribution >= 4 is 27.4 Å². The highest BCUT2D eigenvalue weighted by atomic mass is 32.2. The number of non-ortho nitro benzene ring substituents is 1. The Morgan fingerprint density at radius 3 is 2.75 bits per heavy atom. The molecule has 2 aromatic heterocycles. The predicted octanol–water partition coefficient (Wildman–Crippen LogP) is 2.77. The first kappa shape index (κ1) is 19.5. The van der Waals surface area contributed by atoms with E-state index in [0.29, 0.717) is 11.1 Å². The number of hydrazone groups is 1.